The van der Waals surface area contributed by atoms with Gasteiger partial charge in [-0.25, -0.2) is 0 Å². The Kier molecular flexibility index (Phi) is 46.9. The fraction of sp³-hybridized carbons (Fsp3) is 0.727. The summed E-state index contributed by atoms with van der Waals surface area (Å²) in [5, 5.41) is 0. The molecule has 0 saturated carbocycles. The van der Waals surface area contributed by atoms with Gasteiger partial charge in [-0.1, -0.05) is 222 Å². The van der Waals surface area contributed by atoms with Gasteiger partial charge in [0.1, 0.15) is 13.2 Å². The highest BCUT2D eigenvalue weighted by molar-refractivity contribution is 5.71. The largest absolute Gasteiger partial charge is 0.462 e. The zero-order valence-electron chi connectivity index (χ0n) is 39.9. The molecule has 0 aromatic rings. The Hall–Kier alpha value is -3.15. The Labute approximate surface area is 376 Å². The maximum absolute atomic E-state index is 12.7. The number of ether oxygens (including phenoxy) is 3. The highest BCUT2D eigenvalue weighted by Gasteiger charge is 2.19. The number of unbranched alkanes of at least 4 members (excludes halogenated alkanes) is 22. The molecular weight excluding hydrogens is 757 g/mol. The van der Waals surface area contributed by atoms with Gasteiger partial charge in [0.15, 0.2) is 6.10 Å². The van der Waals surface area contributed by atoms with Crippen molar-refractivity contribution in [2.75, 3.05) is 13.2 Å². The van der Waals surface area contributed by atoms with Crippen LogP contribution in [0, 0.1) is 0 Å². The van der Waals surface area contributed by atoms with Crippen LogP contribution in [0.5, 0.6) is 0 Å². The minimum atomic E-state index is -0.780. The molecule has 0 amide bonds. The average Bonchev–Trinajstić information content (AvgIpc) is 3.26. The predicted octanol–water partition coefficient (Wildman–Crippen LogP) is 16.6. The Morgan fingerprint density at radius 3 is 1.00 bits per heavy atom. The molecule has 0 aliphatic carbocycles. The zero-order chi connectivity index (χ0) is 44.4. The van der Waals surface area contributed by atoms with E-state index in [0.29, 0.717) is 19.3 Å². The first-order valence-electron chi connectivity index (χ1n) is 25.4. The molecule has 0 saturated heterocycles. The molecule has 1 atom stereocenters. The lowest BCUT2D eigenvalue weighted by molar-refractivity contribution is -0.167. The summed E-state index contributed by atoms with van der Waals surface area (Å²) in [7, 11) is 0. The second-order valence-corrected chi connectivity index (χ2v) is 16.7. The standard InChI is InChI=1S/C55H94O6/c1-4-7-10-13-16-18-20-22-23-24-25-26-27-28-29-30-31-33-34-36-39-42-45-48-54(57)60-51-52(50-59-53(56)47-44-41-38-15-12-9-6-3)61-55(58)49-46-43-40-37-35-32-21-19-17-14-11-8-5-2/h7,10,16,18,22-23,25-26,28-29,31,33,52H,4-6,8-9,11-15,17,19-21,24,27,30,32,34-51H2,1-3H3/b10-7-,18-16-,23-22-,26-25-,29-28-,33-31-. The number of rotatable bonds is 45. The fourth-order valence-electron chi connectivity index (χ4n) is 6.92. The lowest BCUT2D eigenvalue weighted by atomic mass is 10.0. The van der Waals surface area contributed by atoms with E-state index in [1.807, 2.05) is 0 Å². The highest BCUT2D eigenvalue weighted by Crippen LogP contribution is 2.15. The van der Waals surface area contributed by atoms with Crippen molar-refractivity contribution in [1.29, 1.82) is 0 Å². The molecule has 0 aromatic carbocycles. The molecule has 0 aliphatic rings. The van der Waals surface area contributed by atoms with Crippen molar-refractivity contribution in [1.82, 2.24) is 0 Å². The van der Waals surface area contributed by atoms with Gasteiger partial charge in [-0.2, -0.15) is 0 Å². The molecule has 0 aliphatic heterocycles. The van der Waals surface area contributed by atoms with Gasteiger partial charge in [-0.3, -0.25) is 14.4 Å². The summed E-state index contributed by atoms with van der Waals surface area (Å²) in [6.45, 7) is 6.46. The molecule has 350 valence electrons. The van der Waals surface area contributed by atoms with Crippen molar-refractivity contribution in [2.45, 2.75) is 245 Å². The first-order valence-corrected chi connectivity index (χ1v) is 25.4. The first-order chi connectivity index (χ1) is 30.0. The van der Waals surface area contributed by atoms with Crippen LogP contribution in [-0.4, -0.2) is 37.2 Å². The van der Waals surface area contributed by atoms with E-state index < -0.39 is 6.10 Å². The van der Waals surface area contributed by atoms with Crippen LogP contribution >= 0.6 is 0 Å². The van der Waals surface area contributed by atoms with Crippen LogP contribution in [0.3, 0.4) is 0 Å². The third-order valence-electron chi connectivity index (χ3n) is 10.7. The molecule has 0 radical (unpaired) electrons. The molecule has 0 bridgehead atoms. The van der Waals surface area contributed by atoms with Gasteiger partial charge in [0.2, 0.25) is 0 Å². The molecule has 0 fully saturated rings. The summed E-state index contributed by atoms with van der Waals surface area (Å²) < 4.78 is 16.7. The summed E-state index contributed by atoms with van der Waals surface area (Å²) in [6.07, 6.45) is 61.8. The minimum absolute atomic E-state index is 0.0818. The Balaban J connectivity index is 4.28. The molecule has 0 aromatic heterocycles. The normalized spacial score (nSPS) is 12.6. The van der Waals surface area contributed by atoms with Gasteiger partial charge in [-0.05, 0) is 70.6 Å². The van der Waals surface area contributed by atoms with Crippen LogP contribution in [0.15, 0.2) is 72.9 Å². The lowest BCUT2D eigenvalue weighted by Gasteiger charge is -2.18. The van der Waals surface area contributed by atoms with Gasteiger partial charge in [0.05, 0.1) is 0 Å². The van der Waals surface area contributed by atoms with Crippen LogP contribution in [0.2, 0.25) is 0 Å². The molecule has 0 rings (SSSR count). The van der Waals surface area contributed by atoms with Crippen molar-refractivity contribution in [3.63, 3.8) is 0 Å². The topological polar surface area (TPSA) is 78.9 Å². The van der Waals surface area contributed by atoms with Gasteiger partial charge in [-0.15, -0.1) is 0 Å². The van der Waals surface area contributed by atoms with E-state index in [9.17, 15) is 14.4 Å². The molecule has 0 heterocycles. The van der Waals surface area contributed by atoms with E-state index in [1.165, 1.54) is 89.9 Å². The van der Waals surface area contributed by atoms with Crippen LogP contribution in [0.1, 0.15) is 239 Å². The number of hydrogen-bond donors (Lipinski definition) is 0. The quantitative estimate of drug-likeness (QED) is 0.0263. The van der Waals surface area contributed by atoms with Crippen molar-refractivity contribution in [2.24, 2.45) is 0 Å². The molecule has 61 heavy (non-hydrogen) atoms. The summed E-state index contributed by atoms with van der Waals surface area (Å²) in [5.41, 5.74) is 0. The van der Waals surface area contributed by atoms with Crippen LogP contribution in [-0.2, 0) is 28.6 Å². The molecule has 6 heteroatoms. The third-order valence-corrected chi connectivity index (χ3v) is 10.7. The van der Waals surface area contributed by atoms with E-state index in [1.54, 1.807) is 0 Å². The van der Waals surface area contributed by atoms with Crippen molar-refractivity contribution in [3.05, 3.63) is 72.9 Å². The first kappa shape index (κ1) is 57.9. The summed E-state index contributed by atoms with van der Waals surface area (Å²) in [4.78, 5) is 37.7. The smallest absolute Gasteiger partial charge is 0.306 e. The monoisotopic (exact) mass is 851 g/mol. The third kappa shape index (κ3) is 47.7. The Morgan fingerprint density at radius 1 is 0.344 bits per heavy atom. The average molecular weight is 851 g/mol. The Bertz CT molecular complexity index is 1160. The molecular formula is C55H94O6. The second kappa shape index (κ2) is 49.5. The number of carbonyl (C=O) groups is 3. The van der Waals surface area contributed by atoms with Crippen molar-refractivity contribution < 1.29 is 28.6 Å². The lowest BCUT2D eigenvalue weighted by Crippen LogP contribution is -2.30. The molecule has 0 spiro atoms. The minimum Gasteiger partial charge on any atom is -0.462 e. The van der Waals surface area contributed by atoms with Gasteiger partial charge < -0.3 is 14.2 Å². The Morgan fingerprint density at radius 2 is 0.639 bits per heavy atom. The van der Waals surface area contributed by atoms with E-state index in [-0.39, 0.29) is 31.1 Å². The van der Waals surface area contributed by atoms with Crippen molar-refractivity contribution >= 4 is 17.9 Å². The van der Waals surface area contributed by atoms with Gasteiger partial charge in [0, 0.05) is 19.3 Å². The number of esters is 3. The summed E-state index contributed by atoms with van der Waals surface area (Å²) in [6, 6.07) is 0. The number of allylic oxidation sites excluding steroid dienone is 12. The van der Waals surface area contributed by atoms with E-state index in [4.69, 9.17) is 14.2 Å². The van der Waals surface area contributed by atoms with E-state index in [2.05, 4.69) is 93.7 Å². The van der Waals surface area contributed by atoms with Gasteiger partial charge in [0.25, 0.3) is 0 Å². The highest BCUT2D eigenvalue weighted by atomic mass is 16.6. The summed E-state index contributed by atoms with van der Waals surface area (Å²) in [5.74, 6) is -0.912. The molecule has 0 N–H and O–H groups in total. The molecule has 1 unspecified atom stereocenters. The predicted molar refractivity (Wildman–Crippen MR) is 261 cm³/mol. The second-order valence-electron chi connectivity index (χ2n) is 16.7. The van der Waals surface area contributed by atoms with E-state index >= 15 is 0 Å². The number of hydrogen-bond acceptors (Lipinski definition) is 6. The number of carbonyl (C=O) groups excluding carboxylic acids is 3. The SMILES string of the molecule is CC/C=C\C/C=C\C/C=C\C/C=C\C/C=C\C/C=C\CCCCCCC(=O)OCC(COC(=O)CCCCCCCCC)OC(=O)CCCCCCCCCCCCCCC. The maximum Gasteiger partial charge on any atom is 0.306 e. The summed E-state index contributed by atoms with van der Waals surface area (Å²) >= 11 is 0. The van der Waals surface area contributed by atoms with Crippen LogP contribution < -0.4 is 0 Å². The maximum atomic E-state index is 12.7. The van der Waals surface area contributed by atoms with Crippen LogP contribution in [0.25, 0.3) is 0 Å². The van der Waals surface area contributed by atoms with E-state index in [0.717, 1.165) is 109 Å². The zero-order valence-corrected chi connectivity index (χ0v) is 39.9. The molecule has 6 nitrogen and oxygen atoms in total. The van der Waals surface area contributed by atoms with Gasteiger partial charge >= 0.3 is 17.9 Å². The van der Waals surface area contributed by atoms with Crippen LogP contribution in [0.4, 0.5) is 0 Å². The van der Waals surface area contributed by atoms with Crippen molar-refractivity contribution in [3.8, 4) is 0 Å². The fourth-order valence-corrected chi connectivity index (χ4v) is 6.92.